The monoisotopic (exact) mass is 515 g/mol. The summed E-state index contributed by atoms with van der Waals surface area (Å²) in [5, 5.41) is 8.58. The molecule has 0 saturated carbocycles. The lowest BCUT2D eigenvalue weighted by Gasteiger charge is -2.08. The van der Waals surface area contributed by atoms with Gasteiger partial charge in [0, 0.05) is 27.2 Å². The van der Waals surface area contributed by atoms with Crippen LogP contribution in [-0.2, 0) is 0 Å². The van der Waals surface area contributed by atoms with Crippen molar-refractivity contribution in [3.05, 3.63) is 127 Å². The van der Waals surface area contributed by atoms with Crippen LogP contribution in [0.15, 0.2) is 127 Å². The standard InChI is InChI=1S/C35H21N3S/c1-2-12-24(13-3-1)37-29-18-19-30-33(34(29)26-20-22-10-4-5-11-23(22)21-31(26)37)25-14-6-8-16-28(25)38(30)35-36-27-15-7-9-17-32(27)39-35/h1-21H. The van der Waals surface area contributed by atoms with Crippen molar-refractivity contribution >= 4 is 75.9 Å². The van der Waals surface area contributed by atoms with E-state index >= 15 is 0 Å². The third-order valence-corrected chi connectivity index (χ3v) is 8.94. The van der Waals surface area contributed by atoms with Crippen molar-refractivity contribution in [1.29, 1.82) is 0 Å². The van der Waals surface area contributed by atoms with E-state index in [-0.39, 0.29) is 0 Å². The Hall–Kier alpha value is -4.93. The minimum atomic E-state index is 0.999. The molecule has 9 aromatic rings. The van der Waals surface area contributed by atoms with Crippen LogP contribution in [0.4, 0.5) is 0 Å². The zero-order valence-corrected chi connectivity index (χ0v) is 21.7. The average molecular weight is 516 g/mol. The minimum Gasteiger partial charge on any atom is -0.309 e. The molecule has 9 rings (SSSR count). The topological polar surface area (TPSA) is 22.8 Å². The van der Waals surface area contributed by atoms with E-state index in [1.165, 1.54) is 64.8 Å². The number of hydrogen-bond donors (Lipinski definition) is 0. The van der Waals surface area contributed by atoms with E-state index in [9.17, 15) is 0 Å². The Morgan fingerprint density at radius 3 is 2.00 bits per heavy atom. The second-order valence-electron chi connectivity index (χ2n) is 10.1. The molecule has 0 bridgehead atoms. The van der Waals surface area contributed by atoms with Crippen molar-refractivity contribution in [1.82, 2.24) is 14.1 Å². The number of aromatic nitrogens is 3. The van der Waals surface area contributed by atoms with E-state index in [4.69, 9.17) is 4.98 Å². The van der Waals surface area contributed by atoms with Crippen LogP contribution in [0.5, 0.6) is 0 Å². The number of hydrogen-bond acceptors (Lipinski definition) is 2. The number of benzene rings is 6. The SMILES string of the molecule is c1ccc(-n2c3cc4ccccc4cc3c3c4c5ccccc5n(-c5nc6ccccc6s5)c4ccc32)cc1. The van der Waals surface area contributed by atoms with Gasteiger partial charge >= 0.3 is 0 Å². The first-order chi connectivity index (χ1) is 19.3. The van der Waals surface area contributed by atoms with Gasteiger partial charge in [0.05, 0.1) is 32.3 Å². The first kappa shape index (κ1) is 21.1. The molecule has 3 heterocycles. The van der Waals surface area contributed by atoms with Crippen molar-refractivity contribution in [2.75, 3.05) is 0 Å². The first-order valence-corrected chi connectivity index (χ1v) is 14.0. The van der Waals surface area contributed by atoms with Crippen molar-refractivity contribution in [2.24, 2.45) is 0 Å². The summed E-state index contributed by atoms with van der Waals surface area (Å²) in [7, 11) is 0. The van der Waals surface area contributed by atoms with Crippen molar-refractivity contribution in [3.8, 4) is 10.8 Å². The highest BCUT2D eigenvalue weighted by molar-refractivity contribution is 7.20. The molecular formula is C35H21N3S. The molecule has 0 aliphatic rings. The summed E-state index contributed by atoms with van der Waals surface area (Å²) >= 11 is 1.74. The number of fused-ring (bicyclic) bond motifs is 9. The van der Waals surface area contributed by atoms with Crippen LogP contribution >= 0.6 is 11.3 Å². The van der Waals surface area contributed by atoms with Gasteiger partial charge in [-0.25, -0.2) is 4.98 Å². The molecule has 0 amide bonds. The fraction of sp³-hybridized carbons (Fsp3) is 0. The van der Waals surface area contributed by atoms with E-state index < -0.39 is 0 Å². The van der Waals surface area contributed by atoms with Crippen LogP contribution < -0.4 is 0 Å². The summed E-state index contributed by atoms with van der Waals surface area (Å²) in [4.78, 5) is 5.07. The van der Waals surface area contributed by atoms with Crippen molar-refractivity contribution in [2.45, 2.75) is 0 Å². The zero-order chi connectivity index (χ0) is 25.5. The molecule has 0 saturated heterocycles. The first-order valence-electron chi connectivity index (χ1n) is 13.2. The maximum Gasteiger partial charge on any atom is 0.195 e. The van der Waals surface area contributed by atoms with Crippen LogP contribution in [0.2, 0.25) is 0 Å². The number of rotatable bonds is 2. The molecule has 0 aliphatic carbocycles. The van der Waals surface area contributed by atoms with E-state index in [0.29, 0.717) is 0 Å². The predicted molar refractivity (Wildman–Crippen MR) is 166 cm³/mol. The average Bonchev–Trinajstić information content (AvgIpc) is 3.65. The highest BCUT2D eigenvalue weighted by Crippen LogP contribution is 2.43. The highest BCUT2D eigenvalue weighted by Gasteiger charge is 2.21. The van der Waals surface area contributed by atoms with Gasteiger partial charge in [0.25, 0.3) is 0 Å². The maximum atomic E-state index is 5.07. The van der Waals surface area contributed by atoms with Gasteiger partial charge in [0.2, 0.25) is 0 Å². The van der Waals surface area contributed by atoms with E-state index in [2.05, 4.69) is 137 Å². The molecule has 0 fully saturated rings. The van der Waals surface area contributed by atoms with Crippen LogP contribution in [0, 0.1) is 0 Å². The molecule has 39 heavy (non-hydrogen) atoms. The smallest absolute Gasteiger partial charge is 0.195 e. The molecule has 6 aromatic carbocycles. The zero-order valence-electron chi connectivity index (χ0n) is 20.9. The lowest BCUT2D eigenvalue weighted by atomic mass is 10.0. The maximum absolute atomic E-state index is 5.07. The van der Waals surface area contributed by atoms with E-state index in [0.717, 1.165) is 10.6 Å². The Morgan fingerprint density at radius 2 is 1.15 bits per heavy atom. The van der Waals surface area contributed by atoms with Gasteiger partial charge in [0.15, 0.2) is 5.13 Å². The second kappa shape index (κ2) is 7.79. The Bertz CT molecular complexity index is 2360. The van der Waals surface area contributed by atoms with Gasteiger partial charge in [-0.2, -0.15) is 0 Å². The summed E-state index contributed by atoms with van der Waals surface area (Å²) in [5.74, 6) is 0. The van der Waals surface area contributed by atoms with Crippen molar-refractivity contribution < 1.29 is 0 Å². The lowest BCUT2D eigenvalue weighted by Crippen LogP contribution is -1.94. The molecule has 0 radical (unpaired) electrons. The van der Waals surface area contributed by atoms with Crippen LogP contribution in [-0.4, -0.2) is 14.1 Å². The van der Waals surface area contributed by atoms with Gasteiger partial charge in [-0.15, -0.1) is 0 Å². The van der Waals surface area contributed by atoms with Gasteiger partial charge in [-0.3, -0.25) is 4.57 Å². The summed E-state index contributed by atoms with van der Waals surface area (Å²) in [5.41, 5.74) is 7.01. The normalized spacial score (nSPS) is 12.1. The van der Waals surface area contributed by atoms with Crippen LogP contribution in [0.25, 0.3) is 75.4 Å². The molecular weight excluding hydrogens is 494 g/mol. The molecule has 182 valence electrons. The molecule has 4 heteroatoms. The van der Waals surface area contributed by atoms with E-state index in [1.54, 1.807) is 11.3 Å². The van der Waals surface area contributed by atoms with Gasteiger partial charge in [0.1, 0.15) is 0 Å². The number of para-hydroxylation sites is 3. The molecule has 3 aromatic heterocycles. The summed E-state index contributed by atoms with van der Waals surface area (Å²) in [6.07, 6.45) is 0. The van der Waals surface area contributed by atoms with Crippen LogP contribution in [0.3, 0.4) is 0 Å². The third-order valence-electron chi connectivity index (χ3n) is 7.92. The Kier molecular flexibility index (Phi) is 4.21. The van der Waals surface area contributed by atoms with E-state index in [1.807, 2.05) is 0 Å². The molecule has 0 spiro atoms. The molecule has 0 unspecified atom stereocenters. The highest BCUT2D eigenvalue weighted by atomic mass is 32.1. The molecule has 0 aliphatic heterocycles. The quantitative estimate of drug-likeness (QED) is 0.225. The summed E-state index contributed by atoms with van der Waals surface area (Å²) in [6.45, 7) is 0. The van der Waals surface area contributed by atoms with Crippen molar-refractivity contribution in [3.63, 3.8) is 0 Å². The minimum absolute atomic E-state index is 0.999. The second-order valence-corrected chi connectivity index (χ2v) is 11.1. The largest absolute Gasteiger partial charge is 0.309 e. The Labute approximate surface area is 227 Å². The van der Waals surface area contributed by atoms with Crippen LogP contribution in [0.1, 0.15) is 0 Å². The van der Waals surface area contributed by atoms with Gasteiger partial charge in [-0.05, 0) is 65.4 Å². The van der Waals surface area contributed by atoms with Gasteiger partial charge in [-0.1, -0.05) is 84.1 Å². The number of nitrogens with zero attached hydrogens (tertiary/aromatic N) is 3. The van der Waals surface area contributed by atoms with Gasteiger partial charge < -0.3 is 4.57 Å². The lowest BCUT2D eigenvalue weighted by molar-refractivity contribution is 1.15. The summed E-state index contributed by atoms with van der Waals surface area (Å²) < 4.78 is 5.97. The molecule has 3 nitrogen and oxygen atoms in total. The Morgan fingerprint density at radius 1 is 0.487 bits per heavy atom. The molecule has 0 N–H and O–H groups in total. The molecule has 0 atom stereocenters. The fourth-order valence-electron chi connectivity index (χ4n) is 6.27. The Balaban J connectivity index is 1.51. The third kappa shape index (κ3) is 2.89. The number of thiazole rings is 1. The summed E-state index contributed by atoms with van der Waals surface area (Å²) in [6, 6.07) is 45.8. The fourth-order valence-corrected chi connectivity index (χ4v) is 7.26. The predicted octanol–water partition coefficient (Wildman–Crippen LogP) is 9.64.